The molecule has 2 unspecified atom stereocenters. The maximum Gasteiger partial charge on any atom is 0.0962 e. The van der Waals surface area contributed by atoms with Crippen molar-refractivity contribution in [2.45, 2.75) is 43.9 Å². The molecule has 2 aliphatic rings. The summed E-state index contributed by atoms with van der Waals surface area (Å²) in [5, 5.41) is 3.61. The van der Waals surface area contributed by atoms with Crippen molar-refractivity contribution in [3.05, 3.63) is 16.1 Å². The molecule has 0 bridgehead atoms. The standard InChI is InChI=1S/C12H18N2S/c1-8-5-9(8)11-14-10(6-15-11)12(7-13)3-2-4-12/h6,8-9H,2-5,7,13H2,1H3. The van der Waals surface area contributed by atoms with Gasteiger partial charge in [-0.3, -0.25) is 0 Å². The average molecular weight is 222 g/mol. The first-order chi connectivity index (χ1) is 7.25. The van der Waals surface area contributed by atoms with E-state index in [2.05, 4.69) is 12.3 Å². The minimum absolute atomic E-state index is 0.257. The molecule has 1 aromatic rings. The zero-order valence-electron chi connectivity index (χ0n) is 9.20. The van der Waals surface area contributed by atoms with Crippen LogP contribution in [0.4, 0.5) is 0 Å². The zero-order valence-corrected chi connectivity index (χ0v) is 10.0. The van der Waals surface area contributed by atoms with E-state index in [-0.39, 0.29) is 5.41 Å². The summed E-state index contributed by atoms with van der Waals surface area (Å²) in [6, 6.07) is 0. The molecular formula is C12H18N2S. The molecule has 0 saturated heterocycles. The van der Waals surface area contributed by atoms with Gasteiger partial charge in [0.05, 0.1) is 10.7 Å². The third kappa shape index (κ3) is 1.44. The SMILES string of the molecule is CC1CC1c1nc(C2(CN)CCC2)cs1. The number of hydrogen-bond donors (Lipinski definition) is 1. The summed E-state index contributed by atoms with van der Waals surface area (Å²) < 4.78 is 0. The summed E-state index contributed by atoms with van der Waals surface area (Å²) in [5.41, 5.74) is 7.44. The van der Waals surface area contributed by atoms with Gasteiger partial charge in [-0.05, 0) is 25.2 Å². The fourth-order valence-electron chi connectivity index (χ4n) is 2.54. The summed E-state index contributed by atoms with van der Waals surface area (Å²) in [7, 11) is 0. The van der Waals surface area contributed by atoms with Crippen molar-refractivity contribution in [1.29, 1.82) is 0 Å². The third-order valence-electron chi connectivity index (χ3n) is 4.19. The van der Waals surface area contributed by atoms with Gasteiger partial charge in [-0.15, -0.1) is 11.3 Å². The van der Waals surface area contributed by atoms with Crippen molar-refractivity contribution < 1.29 is 0 Å². The molecule has 3 rings (SSSR count). The van der Waals surface area contributed by atoms with Crippen molar-refractivity contribution in [3.63, 3.8) is 0 Å². The molecule has 2 fully saturated rings. The second-order valence-electron chi connectivity index (χ2n) is 5.23. The number of nitrogens with two attached hydrogens (primary N) is 1. The second-order valence-corrected chi connectivity index (χ2v) is 6.12. The highest BCUT2D eigenvalue weighted by Crippen LogP contribution is 2.50. The van der Waals surface area contributed by atoms with E-state index in [1.165, 1.54) is 36.4 Å². The Morgan fingerprint density at radius 2 is 2.33 bits per heavy atom. The first kappa shape index (κ1) is 9.79. The fourth-order valence-corrected chi connectivity index (χ4v) is 3.73. The Morgan fingerprint density at radius 3 is 2.80 bits per heavy atom. The highest BCUT2D eigenvalue weighted by atomic mass is 32.1. The zero-order chi connectivity index (χ0) is 10.5. The molecule has 2 aliphatic carbocycles. The smallest absolute Gasteiger partial charge is 0.0962 e. The van der Waals surface area contributed by atoms with Gasteiger partial charge in [0.1, 0.15) is 0 Å². The summed E-state index contributed by atoms with van der Waals surface area (Å²) in [4.78, 5) is 4.83. The number of aromatic nitrogens is 1. The number of nitrogens with zero attached hydrogens (tertiary/aromatic N) is 1. The predicted molar refractivity (Wildman–Crippen MR) is 63.2 cm³/mol. The third-order valence-corrected chi connectivity index (χ3v) is 5.17. The van der Waals surface area contributed by atoms with Crippen molar-refractivity contribution in [2.75, 3.05) is 6.54 Å². The molecule has 0 spiro atoms. The molecule has 0 aromatic carbocycles. The molecule has 2 atom stereocenters. The van der Waals surface area contributed by atoms with Crippen LogP contribution in [0, 0.1) is 5.92 Å². The quantitative estimate of drug-likeness (QED) is 0.854. The molecule has 15 heavy (non-hydrogen) atoms. The van der Waals surface area contributed by atoms with Crippen molar-refractivity contribution in [2.24, 2.45) is 11.7 Å². The van der Waals surface area contributed by atoms with Gasteiger partial charge in [-0.2, -0.15) is 0 Å². The second kappa shape index (κ2) is 3.29. The Balaban J connectivity index is 1.83. The van der Waals surface area contributed by atoms with Crippen LogP contribution >= 0.6 is 11.3 Å². The van der Waals surface area contributed by atoms with Crippen LogP contribution in [0.1, 0.15) is 49.2 Å². The number of hydrogen-bond acceptors (Lipinski definition) is 3. The lowest BCUT2D eigenvalue weighted by Gasteiger charge is -2.39. The molecule has 0 aliphatic heterocycles. The Labute approximate surface area is 94.9 Å². The molecule has 2 N–H and O–H groups in total. The van der Waals surface area contributed by atoms with E-state index in [1.807, 2.05) is 11.3 Å². The van der Waals surface area contributed by atoms with Gasteiger partial charge < -0.3 is 5.73 Å². The highest BCUT2D eigenvalue weighted by Gasteiger charge is 2.42. The summed E-state index contributed by atoms with van der Waals surface area (Å²) in [5.74, 6) is 1.62. The van der Waals surface area contributed by atoms with Crippen molar-refractivity contribution in [1.82, 2.24) is 4.98 Å². The molecule has 82 valence electrons. The predicted octanol–water partition coefficient (Wildman–Crippen LogP) is 2.65. The summed E-state index contributed by atoms with van der Waals surface area (Å²) in [6.45, 7) is 3.09. The van der Waals surface area contributed by atoms with Crippen molar-refractivity contribution in [3.8, 4) is 0 Å². The molecule has 2 nitrogen and oxygen atoms in total. The van der Waals surface area contributed by atoms with Gasteiger partial charge >= 0.3 is 0 Å². The monoisotopic (exact) mass is 222 g/mol. The van der Waals surface area contributed by atoms with E-state index in [9.17, 15) is 0 Å². The summed E-state index contributed by atoms with van der Waals surface area (Å²) >= 11 is 1.85. The van der Waals surface area contributed by atoms with Gasteiger partial charge in [-0.1, -0.05) is 13.3 Å². The van der Waals surface area contributed by atoms with Crippen LogP contribution in [0.3, 0.4) is 0 Å². The fraction of sp³-hybridized carbons (Fsp3) is 0.750. The van der Waals surface area contributed by atoms with Gasteiger partial charge in [0, 0.05) is 23.3 Å². The van der Waals surface area contributed by atoms with Gasteiger partial charge in [0.2, 0.25) is 0 Å². The van der Waals surface area contributed by atoms with Gasteiger partial charge in [0.25, 0.3) is 0 Å². The molecule has 3 heteroatoms. The Bertz CT molecular complexity index is 362. The molecule has 1 heterocycles. The normalized spacial score (nSPS) is 32.4. The van der Waals surface area contributed by atoms with Crippen LogP contribution in [0.2, 0.25) is 0 Å². The van der Waals surface area contributed by atoms with Crippen LogP contribution < -0.4 is 5.73 Å². The maximum atomic E-state index is 5.89. The lowest BCUT2D eigenvalue weighted by Crippen LogP contribution is -2.41. The van der Waals surface area contributed by atoms with E-state index in [0.29, 0.717) is 0 Å². The van der Waals surface area contributed by atoms with Crippen LogP contribution in [-0.2, 0) is 5.41 Å². The Morgan fingerprint density at radius 1 is 1.60 bits per heavy atom. The average Bonchev–Trinajstić information content (AvgIpc) is 2.72. The first-order valence-corrected chi connectivity index (χ1v) is 6.79. The largest absolute Gasteiger partial charge is 0.330 e. The minimum Gasteiger partial charge on any atom is -0.330 e. The van der Waals surface area contributed by atoms with Crippen molar-refractivity contribution >= 4 is 11.3 Å². The molecule has 0 radical (unpaired) electrons. The lowest BCUT2D eigenvalue weighted by molar-refractivity contribution is 0.246. The van der Waals surface area contributed by atoms with Gasteiger partial charge in [-0.25, -0.2) is 4.98 Å². The minimum atomic E-state index is 0.257. The van der Waals surface area contributed by atoms with E-state index in [4.69, 9.17) is 10.7 Å². The topological polar surface area (TPSA) is 38.9 Å². The van der Waals surface area contributed by atoms with Crippen LogP contribution in [0.5, 0.6) is 0 Å². The highest BCUT2D eigenvalue weighted by molar-refractivity contribution is 7.09. The van der Waals surface area contributed by atoms with Crippen LogP contribution in [0.25, 0.3) is 0 Å². The van der Waals surface area contributed by atoms with E-state index < -0.39 is 0 Å². The molecule has 1 aromatic heterocycles. The van der Waals surface area contributed by atoms with E-state index in [1.54, 1.807) is 0 Å². The van der Waals surface area contributed by atoms with E-state index >= 15 is 0 Å². The summed E-state index contributed by atoms with van der Waals surface area (Å²) in [6.07, 6.45) is 5.15. The number of rotatable bonds is 3. The van der Waals surface area contributed by atoms with E-state index in [0.717, 1.165) is 18.4 Å². The maximum absolute atomic E-state index is 5.89. The Hall–Kier alpha value is -0.410. The molecule has 2 saturated carbocycles. The Kier molecular flexibility index (Phi) is 2.15. The van der Waals surface area contributed by atoms with Crippen LogP contribution in [-0.4, -0.2) is 11.5 Å². The lowest BCUT2D eigenvalue weighted by atomic mass is 9.67. The van der Waals surface area contributed by atoms with Gasteiger partial charge in [0.15, 0.2) is 0 Å². The molecular weight excluding hydrogens is 204 g/mol. The number of thiazole rings is 1. The molecule has 0 amide bonds. The van der Waals surface area contributed by atoms with Crippen LogP contribution in [0.15, 0.2) is 5.38 Å². The first-order valence-electron chi connectivity index (χ1n) is 5.91.